The van der Waals surface area contributed by atoms with Gasteiger partial charge in [-0.05, 0) is 36.1 Å². The molecule has 0 aliphatic carbocycles. The zero-order valence-electron chi connectivity index (χ0n) is 18.6. The summed E-state index contributed by atoms with van der Waals surface area (Å²) in [4.78, 5) is 15.0. The zero-order valence-corrected chi connectivity index (χ0v) is 18.6. The van der Waals surface area contributed by atoms with Gasteiger partial charge < -0.3 is 19.5 Å². The number of anilines is 1. The molecule has 164 valence electrons. The van der Waals surface area contributed by atoms with E-state index in [1.54, 1.807) is 12.0 Å². The van der Waals surface area contributed by atoms with Crippen LogP contribution in [0.25, 0.3) is 10.8 Å². The molecular formula is C27H29N3O2. The number of methoxy groups -OCH3 is 1. The van der Waals surface area contributed by atoms with E-state index >= 15 is 0 Å². The van der Waals surface area contributed by atoms with Gasteiger partial charge in [-0.1, -0.05) is 66.2 Å². The molecule has 0 saturated heterocycles. The molecule has 0 aliphatic rings. The van der Waals surface area contributed by atoms with Gasteiger partial charge in [0.2, 0.25) is 0 Å². The van der Waals surface area contributed by atoms with E-state index in [-0.39, 0.29) is 6.03 Å². The average Bonchev–Trinajstić information content (AvgIpc) is 3.24. The van der Waals surface area contributed by atoms with Crippen molar-refractivity contribution in [1.82, 2.24) is 9.47 Å². The lowest BCUT2D eigenvalue weighted by Crippen LogP contribution is -2.37. The topological polar surface area (TPSA) is 46.5 Å². The zero-order chi connectivity index (χ0) is 22.3. The fraction of sp³-hybridized carbons (Fsp3) is 0.222. The van der Waals surface area contributed by atoms with Crippen molar-refractivity contribution in [2.75, 3.05) is 25.6 Å². The van der Waals surface area contributed by atoms with Crippen LogP contribution in [0.5, 0.6) is 0 Å². The van der Waals surface area contributed by atoms with Gasteiger partial charge in [-0.2, -0.15) is 0 Å². The number of nitrogens with one attached hydrogen (secondary N) is 1. The summed E-state index contributed by atoms with van der Waals surface area (Å²) in [5.74, 6) is 0. The Labute approximate surface area is 189 Å². The molecule has 5 heteroatoms. The summed E-state index contributed by atoms with van der Waals surface area (Å²) in [6.45, 7) is 4.34. The first-order valence-electron chi connectivity index (χ1n) is 10.9. The Morgan fingerprint density at radius 3 is 2.56 bits per heavy atom. The summed E-state index contributed by atoms with van der Waals surface area (Å²) in [6.07, 6.45) is 2.06. The van der Waals surface area contributed by atoms with Crippen LogP contribution in [0, 0.1) is 6.92 Å². The first-order chi connectivity index (χ1) is 15.6. The number of fused-ring (bicyclic) bond motifs is 1. The number of rotatable bonds is 8. The van der Waals surface area contributed by atoms with Crippen molar-refractivity contribution in [2.24, 2.45) is 0 Å². The molecule has 1 aromatic heterocycles. The number of benzene rings is 3. The Bertz CT molecular complexity index is 1180. The van der Waals surface area contributed by atoms with Gasteiger partial charge in [0.05, 0.1) is 18.8 Å². The number of ether oxygens (including phenoxy) is 1. The molecule has 32 heavy (non-hydrogen) atoms. The van der Waals surface area contributed by atoms with Crippen molar-refractivity contribution in [3.05, 3.63) is 102 Å². The number of aryl methyl sites for hydroxylation is 1. The second kappa shape index (κ2) is 10.2. The van der Waals surface area contributed by atoms with E-state index in [2.05, 4.69) is 53.3 Å². The highest BCUT2D eigenvalue weighted by Crippen LogP contribution is 2.23. The van der Waals surface area contributed by atoms with Crippen LogP contribution >= 0.6 is 0 Å². The van der Waals surface area contributed by atoms with Gasteiger partial charge in [0.1, 0.15) is 0 Å². The fourth-order valence-electron chi connectivity index (χ4n) is 3.82. The lowest BCUT2D eigenvalue weighted by molar-refractivity contribution is 0.152. The van der Waals surface area contributed by atoms with Crippen molar-refractivity contribution in [3.8, 4) is 0 Å². The summed E-state index contributed by atoms with van der Waals surface area (Å²) < 4.78 is 7.46. The average molecular weight is 428 g/mol. The minimum atomic E-state index is -0.138. The van der Waals surface area contributed by atoms with Crippen LogP contribution in [0.2, 0.25) is 0 Å². The predicted molar refractivity (Wildman–Crippen MR) is 130 cm³/mol. The Kier molecular flexibility index (Phi) is 6.87. The molecule has 0 bridgehead atoms. The van der Waals surface area contributed by atoms with Crippen LogP contribution in [0.1, 0.15) is 16.8 Å². The third kappa shape index (κ3) is 5.18. The van der Waals surface area contributed by atoms with Crippen molar-refractivity contribution in [2.45, 2.75) is 20.0 Å². The first kappa shape index (κ1) is 21.7. The predicted octanol–water partition coefficient (Wildman–Crippen LogP) is 5.68. The van der Waals surface area contributed by atoms with Crippen LogP contribution in [0.4, 0.5) is 10.5 Å². The SMILES string of the molecule is COCCN(Cc1cccn1Cc1ccc(C)cc1)C(=O)Nc1cccc2ccccc12. The number of carbonyl (C=O) groups is 1. The summed E-state index contributed by atoms with van der Waals surface area (Å²) >= 11 is 0. The molecule has 0 atom stereocenters. The summed E-state index contributed by atoms with van der Waals surface area (Å²) in [6, 6.07) is 26.5. The number of carbonyl (C=O) groups excluding carboxylic acids is 1. The van der Waals surface area contributed by atoms with Gasteiger partial charge in [-0.3, -0.25) is 0 Å². The second-order valence-corrected chi connectivity index (χ2v) is 7.98. The maximum Gasteiger partial charge on any atom is 0.322 e. The van der Waals surface area contributed by atoms with Crippen LogP contribution in [-0.2, 0) is 17.8 Å². The van der Waals surface area contributed by atoms with E-state index in [4.69, 9.17) is 4.74 Å². The van der Waals surface area contributed by atoms with Gasteiger partial charge in [0.25, 0.3) is 0 Å². The quantitative estimate of drug-likeness (QED) is 0.393. The van der Waals surface area contributed by atoms with E-state index in [1.165, 1.54) is 11.1 Å². The Morgan fingerprint density at radius 2 is 1.75 bits per heavy atom. The van der Waals surface area contributed by atoms with Crippen LogP contribution in [0.3, 0.4) is 0 Å². The van der Waals surface area contributed by atoms with Crippen molar-refractivity contribution >= 4 is 22.5 Å². The smallest absolute Gasteiger partial charge is 0.322 e. The van der Waals surface area contributed by atoms with Gasteiger partial charge in [-0.25, -0.2) is 4.79 Å². The highest BCUT2D eigenvalue weighted by atomic mass is 16.5. The van der Waals surface area contributed by atoms with E-state index in [1.807, 2.05) is 48.5 Å². The van der Waals surface area contributed by atoms with Crippen molar-refractivity contribution in [3.63, 3.8) is 0 Å². The molecule has 4 rings (SSSR count). The van der Waals surface area contributed by atoms with Gasteiger partial charge >= 0.3 is 6.03 Å². The molecule has 0 aliphatic heterocycles. The Balaban J connectivity index is 1.52. The molecule has 5 nitrogen and oxygen atoms in total. The standard InChI is InChI=1S/C27H29N3O2/c1-21-12-14-22(15-13-21)19-29-16-6-9-24(29)20-30(17-18-32-2)27(31)28-26-11-5-8-23-7-3-4-10-25(23)26/h3-16H,17-20H2,1-2H3,(H,28,31). The lowest BCUT2D eigenvalue weighted by atomic mass is 10.1. The molecule has 0 unspecified atom stereocenters. The van der Waals surface area contributed by atoms with E-state index in [0.29, 0.717) is 19.7 Å². The molecule has 2 amide bonds. The molecule has 4 aromatic rings. The summed E-state index contributed by atoms with van der Waals surface area (Å²) in [7, 11) is 1.65. The van der Waals surface area contributed by atoms with Gasteiger partial charge in [-0.15, -0.1) is 0 Å². The molecule has 0 spiro atoms. The number of amides is 2. The molecular weight excluding hydrogens is 398 g/mol. The minimum absolute atomic E-state index is 0.138. The van der Waals surface area contributed by atoms with Crippen molar-refractivity contribution < 1.29 is 9.53 Å². The number of hydrogen-bond acceptors (Lipinski definition) is 2. The highest BCUT2D eigenvalue weighted by molar-refractivity contribution is 6.01. The first-order valence-corrected chi connectivity index (χ1v) is 10.9. The van der Waals surface area contributed by atoms with Gasteiger partial charge in [0.15, 0.2) is 0 Å². The third-order valence-corrected chi connectivity index (χ3v) is 5.63. The second-order valence-electron chi connectivity index (χ2n) is 7.98. The van der Waals surface area contributed by atoms with E-state index in [0.717, 1.165) is 28.7 Å². The third-order valence-electron chi connectivity index (χ3n) is 5.63. The van der Waals surface area contributed by atoms with Crippen LogP contribution in [0.15, 0.2) is 85.1 Å². The molecule has 3 aromatic carbocycles. The molecule has 0 radical (unpaired) electrons. The maximum atomic E-state index is 13.2. The number of urea groups is 1. The molecule has 0 saturated carbocycles. The summed E-state index contributed by atoms with van der Waals surface area (Å²) in [5, 5.41) is 5.23. The number of nitrogens with zero attached hydrogens (tertiary/aromatic N) is 2. The van der Waals surface area contributed by atoms with Crippen molar-refractivity contribution in [1.29, 1.82) is 0 Å². The molecule has 1 N–H and O–H groups in total. The largest absolute Gasteiger partial charge is 0.383 e. The van der Waals surface area contributed by atoms with E-state index < -0.39 is 0 Å². The Morgan fingerprint density at radius 1 is 0.969 bits per heavy atom. The highest BCUT2D eigenvalue weighted by Gasteiger charge is 2.17. The summed E-state index contributed by atoms with van der Waals surface area (Å²) in [5.41, 5.74) is 4.37. The Hall–Kier alpha value is -3.57. The van der Waals surface area contributed by atoms with Crippen LogP contribution in [-0.4, -0.2) is 35.8 Å². The fourth-order valence-corrected chi connectivity index (χ4v) is 3.82. The minimum Gasteiger partial charge on any atom is -0.383 e. The number of hydrogen-bond donors (Lipinski definition) is 1. The molecule has 1 heterocycles. The maximum absolute atomic E-state index is 13.2. The number of aromatic nitrogens is 1. The monoisotopic (exact) mass is 427 g/mol. The molecule has 0 fully saturated rings. The van der Waals surface area contributed by atoms with Crippen LogP contribution < -0.4 is 5.32 Å². The lowest BCUT2D eigenvalue weighted by Gasteiger charge is -2.24. The van der Waals surface area contributed by atoms with Gasteiger partial charge in [0, 0.05) is 37.5 Å². The normalized spacial score (nSPS) is 10.9. The van der Waals surface area contributed by atoms with E-state index in [9.17, 15) is 4.79 Å².